The molecule has 2 atom stereocenters. The van der Waals surface area contributed by atoms with Crippen molar-refractivity contribution in [2.24, 2.45) is 5.92 Å². The maximum Gasteiger partial charge on any atom is 0.261 e. The van der Waals surface area contributed by atoms with Crippen molar-refractivity contribution in [3.8, 4) is 0 Å². The quantitative estimate of drug-likeness (QED) is 0.696. The molecule has 1 rings (SSSR count). The Bertz CT molecular complexity index is 167. The fourth-order valence-corrected chi connectivity index (χ4v) is 2.13. The van der Waals surface area contributed by atoms with Gasteiger partial charge in [0, 0.05) is 12.6 Å². The van der Waals surface area contributed by atoms with Crippen molar-refractivity contribution in [1.29, 1.82) is 0 Å². The molecule has 90 valence electrons. The van der Waals surface area contributed by atoms with Crippen LogP contribution < -0.4 is 5.32 Å². The van der Waals surface area contributed by atoms with E-state index in [-0.39, 0.29) is 0 Å². The lowest BCUT2D eigenvalue weighted by molar-refractivity contribution is 0.0178. The van der Waals surface area contributed by atoms with Crippen LogP contribution in [0.2, 0.25) is 0 Å². The van der Waals surface area contributed by atoms with Crippen molar-refractivity contribution in [1.82, 2.24) is 5.32 Å². The topological polar surface area (TPSA) is 21.3 Å². The summed E-state index contributed by atoms with van der Waals surface area (Å²) < 4.78 is 28.2. The van der Waals surface area contributed by atoms with E-state index in [9.17, 15) is 8.78 Å². The molecule has 2 unspecified atom stereocenters. The zero-order valence-corrected chi connectivity index (χ0v) is 9.35. The summed E-state index contributed by atoms with van der Waals surface area (Å²) in [7, 11) is 0. The van der Waals surface area contributed by atoms with Crippen LogP contribution in [0, 0.1) is 5.92 Å². The molecule has 0 spiro atoms. The zero-order chi connectivity index (χ0) is 11.1. The van der Waals surface area contributed by atoms with E-state index in [1.54, 1.807) is 0 Å². The second-order valence-electron chi connectivity index (χ2n) is 4.39. The third-order valence-electron chi connectivity index (χ3n) is 2.86. The smallest absolute Gasteiger partial charge is 0.261 e. The molecule has 0 amide bonds. The van der Waals surface area contributed by atoms with Gasteiger partial charge in [-0.1, -0.05) is 19.8 Å². The zero-order valence-electron chi connectivity index (χ0n) is 9.35. The summed E-state index contributed by atoms with van der Waals surface area (Å²) in [6.07, 6.45) is 2.66. The predicted octanol–water partition coefficient (Wildman–Crippen LogP) is 2.44. The molecule has 1 aliphatic carbocycles. The van der Waals surface area contributed by atoms with Gasteiger partial charge in [-0.3, -0.25) is 0 Å². The lowest BCUT2D eigenvalue weighted by atomic mass is 9.87. The maximum absolute atomic E-state index is 11.7. The van der Waals surface area contributed by atoms with Crippen molar-refractivity contribution in [3.05, 3.63) is 0 Å². The highest BCUT2D eigenvalue weighted by atomic mass is 19.3. The molecule has 0 radical (unpaired) electrons. The minimum Gasteiger partial charge on any atom is -0.374 e. The number of hydrogen-bond donors (Lipinski definition) is 1. The molecule has 0 saturated heterocycles. The van der Waals surface area contributed by atoms with Crippen LogP contribution in [0.15, 0.2) is 0 Å². The molecule has 1 aliphatic rings. The Balaban J connectivity index is 1.95. The van der Waals surface area contributed by atoms with Gasteiger partial charge in [0.05, 0.1) is 6.61 Å². The molecule has 0 aliphatic heterocycles. The van der Waals surface area contributed by atoms with Gasteiger partial charge in [0.15, 0.2) is 0 Å². The van der Waals surface area contributed by atoms with E-state index in [2.05, 4.69) is 12.2 Å². The molecule has 0 aromatic heterocycles. The molecule has 15 heavy (non-hydrogen) atoms. The van der Waals surface area contributed by atoms with Crippen molar-refractivity contribution in [2.75, 3.05) is 19.8 Å². The van der Waals surface area contributed by atoms with Crippen LogP contribution in [0.25, 0.3) is 0 Å². The van der Waals surface area contributed by atoms with Gasteiger partial charge < -0.3 is 10.1 Å². The molecule has 4 heteroatoms. The van der Waals surface area contributed by atoms with E-state index < -0.39 is 13.0 Å². The molecular formula is C11H21F2NO. The number of hydrogen-bond acceptors (Lipinski definition) is 2. The van der Waals surface area contributed by atoms with Crippen LogP contribution in [-0.2, 0) is 4.74 Å². The highest BCUT2D eigenvalue weighted by molar-refractivity contribution is 4.75. The molecule has 0 aromatic carbocycles. The largest absolute Gasteiger partial charge is 0.374 e. The van der Waals surface area contributed by atoms with E-state index in [1.165, 1.54) is 25.7 Å². The van der Waals surface area contributed by atoms with E-state index in [4.69, 9.17) is 4.74 Å². The first-order valence-corrected chi connectivity index (χ1v) is 5.77. The van der Waals surface area contributed by atoms with E-state index in [0.29, 0.717) is 19.2 Å². The van der Waals surface area contributed by atoms with Gasteiger partial charge in [0.25, 0.3) is 6.43 Å². The number of alkyl halides is 2. The Morgan fingerprint density at radius 1 is 1.40 bits per heavy atom. The van der Waals surface area contributed by atoms with Crippen molar-refractivity contribution < 1.29 is 13.5 Å². The van der Waals surface area contributed by atoms with Crippen LogP contribution in [-0.4, -0.2) is 32.2 Å². The molecule has 1 saturated carbocycles. The maximum atomic E-state index is 11.7. The summed E-state index contributed by atoms with van der Waals surface area (Å²) in [6, 6.07) is 0.559. The molecule has 2 nitrogen and oxygen atoms in total. The Kier molecular flexibility index (Phi) is 6.10. The first-order chi connectivity index (χ1) is 7.18. The summed E-state index contributed by atoms with van der Waals surface area (Å²) in [5, 5.41) is 3.36. The fraction of sp³-hybridized carbons (Fsp3) is 1.00. The normalized spacial score (nSPS) is 27.2. The summed E-state index contributed by atoms with van der Waals surface area (Å²) in [5.41, 5.74) is 0. The molecule has 1 fully saturated rings. The molecule has 1 N–H and O–H groups in total. The van der Waals surface area contributed by atoms with Crippen LogP contribution in [0.1, 0.15) is 32.6 Å². The van der Waals surface area contributed by atoms with E-state index in [0.717, 1.165) is 5.92 Å². The number of rotatable bonds is 6. The molecule has 0 bridgehead atoms. The SMILES string of the molecule is CC1CCCC(NCCOCC(F)F)C1. The van der Waals surface area contributed by atoms with Gasteiger partial charge in [-0.15, -0.1) is 0 Å². The van der Waals surface area contributed by atoms with Gasteiger partial charge in [-0.25, -0.2) is 8.78 Å². The number of halogens is 2. The number of ether oxygens (including phenoxy) is 1. The standard InChI is InChI=1S/C11H21F2NO/c1-9-3-2-4-10(7-9)14-5-6-15-8-11(12)13/h9-11,14H,2-8H2,1H3. The van der Waals surface area contributed by atoms with Gasteiger partial charge in [0.1, 0.15) is 6.61 Å². The van der Waals surface area contributed by atoms with Gasteiger partial charge in [-0.2, -0.15) is 0 Å². The van der Waals surface area contributed by atoms with Crippen LogP contribution in [0.5, 0.6) is 0 Å². The van der Waals surface area contributed by atoms with Crippen LogP contribution in [0.3, 0.4) is 0 Å². The van der Waals surface area contributed by atoms with E-state index in [1.807, 2.05) is 0 Å². The monoisotopic (exact) mass is 221 g/mol. The summed E-state index contributed by atoms with van der Waals surface area (Å²) >= 11 is 0. The highest BCUT2D eigenvalue weighted by Crippen LogP contribution is 2.23. The summed E-state index contributed by atoms with van der Waals surface area (Å²) in [4.78, 5) is 0. The Labute approximate surface area is 90.4 Å². The molecule has 0 aromatic rings. The minimum atomic E-state index is -2.35. The second kappa shape index (κ2) is 7.12. The predicted molar refractivity (Wildman–Crippen MR) is 56.2 cm³/mol. The highest BCUT2D eigenvalue weighted by Gasteiger charge is 2.17. The Hall–Kier alpha value is -0.220. The first-order valence-electron chi connectivity index (χ1n) is 5.77. The van der Waals surface area contributed by atoms with Gasteiger partial charge in [-0.05, 0) is 18.8 Å². The average Bonchev–Trinajstić information content (AvgIpc) is 2.17. The third kappa shape index (κ3) is 6.05. The van der Waals surface area contributed by atoms with Crippen molar-refractivity contribution in [2.45, 2.75) is 45.1 Å². The van der Waals surface area contributed by atoms with Crippen molar-refractivity contribution in [3.63, 3.8) is 0 Å². The van der Waals surface area contributed by atoms with Crippen LogP contribution in [0.4, 0.5) is 8.78 Å². The summed E-state index contributed by atoms with van der Waals surface area (Å²) in [5.74, 6) is 0.790. The third-order valence-corrected chi connectivity index (χ3v) is 2.86. The van der Waals surface area contributed by atoms with Gasteiger partial charge in [0.2, 0.25) is 0 Å². The van der Waals surface area contributed by atoms with E-state index >= 15 is 0 Å². The lowest BCUT2D eigenvalue weighted by Gasteiger charge is -2.27. The summed E-state index contributed by atoms with van der Waals surface area (Å²) in [6.45, 7) is 2.89. The first kappa shape index (κ1) is 12.8. The minimum absolute atomic E-state index is 0.384. The fourth-order valence-electron chi connectivity index (χ4n) is 2.13. The second-order valence-corrected chi connectivity index (χ2v) is 4.39. The Morgan fingerprint density at radius 3 is 2.87 bits per heavy atom. The van der Waals surface area contributed by atoms with Crippen LogP contribution >= 0.6 is 0 Å². The average molecular weight is 221 g/mol. The molecular weight excluding hydrogens is 200 g/mol. The van der Waals surface area contributed by atoms with Crippen molar-refractivity contribution >= 4 is 0 Å². The Morgan fingerprint density at radius 2 is 2.20 bits per heavy atom. The molecule has 0 heterocycles. The lowest BCUT2D eigenvalue weighted by Crippen LogP contribution is -2.35. The van der Waals surface area contributed by atoms with Gasteiger partial charge >= 0.3 is 0 Å². The number of nitrogens with one attached hydrogen (secondary N) is 1.